The maximum atomic E-state index is 10.5. The summed E-state index contributed by atoms with van der Waals surface area (Å²) in [5.41, 5.74) is 0. The predicted octanol–water partition coefficient (Wildman–Crippen LogP) is -0.808. The van der Waals surface area contributed by atoms with Crippen molar-refractivity contribution in [1.82, 2.24) is 5.32 Å². The van der Waals surface area contributed by atoms with E-state index in [2.05, 4.69) is 5.32 Å². The molecule has 0 radical (unpaired) electrons. The molecular weight excluding hydrogens is 170 g/mol. The monoisotopic (exact) mass is 183 g/mol. The lowest BCUT2D eigenvalue weighted by atomic mass is 10.5. The van der Waals surface area contributed by atoms with Crippen molar-refractivity contribution >= 4 is 10.1 Å². The Morgan fingerprint density at radius 1 is 1.55 bits per heavy atom. The van der Waals surface area contributed by atoms with Gasteiger partial charge in [0.2, 0.25) is 0 Å². The minimum Gasteiger partial charge on any atom is -0.395 e. The van der Waals surface area contributed by atoms with Crippen molar-refractivity contribution in [3.8, 4) is 0 Å². The second kappa shape index (κ2) is 4.66. The van der Waals surface area contributed by atoms with Crippen LogP contribution in [0.3, 0.4) is 0 Å². The van der Waals surface area contributed by atoms with Crippen LogP contribution >= 0.6 is 0 Å². The summed E-state index contributed by atoms with van der Waals surface area (Å²) in [6, 6.07) is 0. The molecule has 5 nitrogen and oxygen atoms in total. The topological polar surface area (TPSA) is 86.6 Å². The lowest BCUT2D eigenvalue weighted by Crippen LogP contribution is -2.37. The van der Waals surface area contributed by atoms with Crippen molar-refractivity contribution in [1.29, 1.82) is 0 Å². The molecule has 0 spiro atoms. The Hall–Kier alpha value is -0.170. The van der Waals surface area contributed by atoms with Crippen molar-refractivity contribution in [2.75, 3.05) is 13.2 Å². The van der Waals surface area contributed by atoms with Crippen LogP contribution in [0.25, 0.3) is 0 Å². The summed E-state index contributed by atoms with van der Waals surface area (Å²) < 4.78 is 29.5. The fraction of sp³-hybridized carbons (Fsp3) is 1.00. The quantitative estimate of drug-likeness (QED) is 0.485. The average molecular weight is 183 g/mol. The number of hydrogen-bond acceptors (Lipinski definition) is 4. The molecule has 0 fully saturated rings. The molecule has 0 aliphatic carbocycles. The Kier molecular flexibility index (Phi) is 4.58. The molecule has 0 aliphatic rings. The molecule has 1 atom stereocenters. The smallest absolute Gasteiger partial charge is 0.281 e. The minimum absolute atomic E-state index is 0.147. The molecule has 0 aromatic heterocycles. The van der Waals surface area contributed by atoms with Gasteiger partial charge in [-0.2, -0.15) is 8.42 Å². The van der Waals surface area contributed by atoms with Crippen LogP contribution in [0.5, 0.6) is 0 Å². The second-order valence-electron chi connectivity index (χ2n) is 2.09. The lowest BCUT2D eigenvalue weighted by molar-refractivity contribution is 0.288. The van der Waals surface area contributed by atoms with Gasteiger partial charge < -0.3 is 5.11 Å². The lowest BCUT2D eigenvalue weighted by Gasteiger charge is -2.11. The van der Waals surface area contributed by atoms with Gasteiger partial charge in [0.1, 0.15) is 5.37 Å². The first-order valence-corrected chi connectivity index (χ1v) is 4.83. The van der Waals surface area contributed by atoms with E-state index >= 15 is 0 Å². The molecule has 0 aliphatic heterocycles. The Morgan fingerprint density at radius 2 is 2.09 bits per heavy atom. The van der Waals surface area contributed by atoms with Crippen LogP contribution in [0.4, 0.5) is 0 Å². The largest absolute Gasteiger partial charge is 0.395 e. The molecule has 0 amide bonds. The second-order valence-corrected chi connectivity index (χ2v) is 3.69. The van der Waals surface area contributed by atoms with Crippen LogP contribution < -0.4 is 5.32 Å². The normalized spacial score (nSPS) is 14.8. The molecular formula is C5H13NO4S. The van der Waals surface area contributed by atoms with Gasteiger partial charge in [-0.3, -0.25) is 9.87 Å². The fourth-order valence-electron chi connectivity index (χ4n) is 0.686. The van der Waals surface area contributed by atoms with Crippen LogP contribution in [0.2, 0.25) is 0 Å². The van der Waals surface area contributed by atoms with E-state index in [0.717, 1.165) is 0 Å². The van der Waals surface area contributed by atoms with E-state index in [9.17, 15) is 8.42 Å². The number of hydrogen-bond donors (Lipinski definition) is 3. The third kappa shape index (κ3) is 4.31. The highest BCUT2D eigenvalue weighted by Crippen LogP contribution is 1.98. The molecule has 68 valence electrons. The van der Waals surface area contributed by atoms with E-state index in [0.29, 0.717) is 0 Å². The van der Waals surface area contributed by atoms with Gasteiger partial charge in [0.25, 0.3) is 10.1 Å². The van der Waals surface area contributed by atoms with Gasteiger partial charge in [0, 0.05) is 6.54 Å². The van der Waals surface area contributed by atoms with Gasteiger partial charge in [-0.05, 0) is 6.42 Å². The number of aliphatic hydroxyl groups is 1. The summed E-state index contributed by atoms with van der Waals surface area (Å²) in [6.45, 7) is 1.65. The number of rotatable bonds is 5. The molecule has 0 aromatic carbocycles. The molecule has 0 rings (SSSR count). The Labute approximate surface area is 66.2 Å². The van der Waals surface area contributed by atoms with E-state index in [1.807, 2.05) is 0 Å². The summed E-state index contributed by atoms with van der Waals surface area (Å²) in [5, 5.41) is 9.85. The van der Waals surface area contributed by atoms with Gasteiger partial charge in [-0.15, -0.1) is 0 Å². The van der Waals surface area contributed by atoms with Crippen molar-refractivity contribution in [2.45, 2.75) is 18.7 Å². The number of aliphatic hydroxyl groups excluding tert-OH is 1. The molecule has 0 heterocycles. The van der Waals surface area contributed by atoms with Crippen LogP contribution in [0.1, 0.15) is 13.3 Å². The van der Waals surface area contributed by atoms with Crippen LogP contribution in [-0.4, -0.2) is 36.6 Å². The predicted molar refractivity (Wildman–Crippen MR) is 40.7 cm³/mol. The summed E-state index contributed by atoms with van der Waals surface area (Å²) in [6.07, 6.45) is 0.277. The highest BCUT2D eigenvalue weighted by molar-refractivity contribution is 7.86. The SMILES string of the molecule is CCC(NCCO)S(=O)(=O)O. The van der Waals surface area contributed by atoms with Crippen LogP contribution in [0.15, 0.2) is 0 Å². The molecule has 0 saturated heterocycles. The molecule has 0 saturated carbocycles. The van der Waals surface area contributed by atoms with E-state index in [1.165, 1.54) is 0 Å². The van der Waals surface area contributed by atoms with Gasteiger partial charge in [-0.25, -0.2) is 0 Å². The van der Waals surface area contributed by atoms with Gasteiger partial charge in [-0.1, -0.05) is 6.92 Å². The first-order chi connectivity index (χ1) is 5.02. The zero-order valence-corrected chi connectivity index (χ0v) is 7.13. The average Bonchev–Trinajstić information content (AvgIpc) is 1.87. The molecule has 0 aromatic rings. The zero-order valence-electron chi connectivity index (χ0n) is 6.32. The molecule has 1 unspecified atom stereocenters. The molecule has 11 heavy (non-hydrogen) atoms. The number of nitrogens with one attached hydrogen (secondary N) is 1. The van der Waals surface area contributed by atoms with Crippen molar-refractivity contribution in [2.24, 2.45) is 0 Å². The molecule has 0 bridgehead atoms. The van der Waals surface area contributed by atoms with Gasteiger partial charge in [0.05, 0.1) is 6.61 Å². The van der Waals surface area contributed by atoms with Crippen molar-refractivity contribution < 1.29 is 18.1 Å². The standard InChI is InChI=1S/C5H13NO4S/c1-2-5(6-3-4-7)11(8,9)10/h5-7H,2-4H2,1H3,(H,8,9,10). The highest BCUT2D eigenvalue weighted by atomic mass is 32.2. The summed E-state index contributed by atoms with van der Waals surface area (Å²) >= 11 is 0. The third-order valence-electron chi connectivity index (χ3n) is 1.21. The summed E-state index contributed by atoms with van der Waals surface area (Å²) in [4.78, 5) is 0. The van der Waals surface area contributed by atoms with E-state index in [1.54, 1.807) is 6.92 Å². The van der Waals surface area contributed by atoms with Gasteiger partial charge >= 0.3 is 0 Å². The van der Waals surface area contributed by atoms with Crippen LogP contribution in [0, 0.1) is 0 Å². The van der Waals surface area contributed by atoms with Crippen molar-refractivity contribution in [3.63, 3.8) is 0 Å². The Morgan fingerprint density at radius 3 is 2.36 bits per heavy atom. The summed E-state index contributed by atoms with van der Waals surface area (Å²) in [5.74, 6) is 0. The Balaban J connectivity index is 3.97. The van der Waals surface area contributed by atoms with E-state index < -0.39 is 15.5 Å². The molecule has 3 N–H and O–H groups in total. The zero-order chi connectivity index (χ0) is 8.91. The summed E-state index contributed by atoms with van der Waals surface area (Å²) in [7, 11) is -4.01. The first-order valence-electron chi connectivity index (χ1n) is 3.33. The fourth-order valence-corrected chi connectivity index (χ4v) is 1.44. The van der Waals surface area contributed by atoms with E-state index in [4.69, 9.17) is 9.66 Å². The minimum atomic E-state index is -4.01. The molecule has 6 heteroatoms. The van der Waals surface area contributed by atoms with Gasteiger partial charge in [0.15, 0.2) is 0 Å². The maximum absolute atomic E-state index is 10.5. The Bertz CT molecular complexity index is 189. The third-order valence-corrected chi connectivity index (χ3v) is 2.43. The maximum Gasteiger partial charge on any atom is 0.281 e. The highest BCUT2D eigenvalue weighted by Gasteiger charge is 2.18. The van der Waals surface area contributed by atoms with E-state index in [-0.39, 0.29) is 19.6 Å². The first kappa shape index (κ1) is 10.8. The van der Waals surface area contributed by atoms with Crippen molar-refractivity contribution in [3.05, 3.63) is 0 Å². The van der Waals surface area contributed by atoms with Crippen LogP contribution in [-0.2, 0) is 10.1 Å².